The van der Waals surface area contributed by atoms with Crippen LogP contribution in [0.25, 0.3) is 0 Å². The Morgan fingerprint density at radius 2 is 2.17 bits per heavy atom. The van der Waals surface area contributed by atoms with E-state index < -0.39 is 5.97 Å². The van der Waals surface area contributed by atoms with Crippen LogP contribution in [0, 0.1) is 0 Å². The molecule has 1 aliphatic rings. The van der Waals surface area contributed by atoms with Gasteiger partial charge in [-0.05, 0) is 26.7 Å². The molecule has 0 bridgehead atoms. The molecule has 0 radical (unpaired) electrons. The van der Waals surface area contributed by atoms with Gasteiger partial charge in [0.05, 0.1) is 5.69 Å². The molecule has 1 aromatic rings. The summed E-state index contributed by atoms with van der Waals surface area (Å²) in [6.45, 7) is 3.75. The van der Waals surface area contributed by atoms with Crippen molar-refractivity contribution in [2.24, 2.45) is 0 Å². The third-order valence-corrected chi connectivity index (χ3v) is 2.68. The minimum atomic E-state index is -1.09. The molecule has 1 aliphatic carbocycles. The van der Waals surface area contributed by atoms with Crippen LogP contribution in [0.15, 0.2) is 0 Å². The highest BCUT2D eigenvalue weighted by atomic mass is 16.4. The third-order valence-electron chi connectivity index (χ3n) is 2.68. The van der Waals surface area contributed by atoms with E-state index in [-0.39, 0.29) is 30.1 Å². The topological polar surface area (TPSA) is 97.1 Å². The standard InChI is InChI=1S/C11H16N4O3/c1-6(2)12-8(16)5-15-10(7-3-4-7)9(11(17)18)13-14-15/h6-7H,3-5H2,1-2H3,(H,12,16)(H,17,18). The number of carboxylic acids is 1. The number of nitrogens with one attached hydrogen (secondary N) is 1. The van der Waals surface area contributed by atoms with Gasteiger partial charge in [0.25, 0.3) is 0 Å². The molecule has 0 atom stereocenters. The first-order valence-electron chi connectivity index (χ1n) is 5.95. The van der Waals surface area contributed by atoms with Crippen molar-refractivity contribution in [3.63, 3.8) is 0 Å². The fraction of sp³-hybridized carbons (Fsp3) is 0.636. The lowest BCUT2D eigenvalue weighted by Gasteiger charge is -2.09. The van der Waals surface area contributed by atoms with E-state index in [0.29, 0.717) is 5.69 Å². The molecule has 0 aromatic carbocycles. The molecule has 2 N–H and O–H groups in total. The summed E-state index contributed by atoms with van der Waals surface area (Å²) in [4.78, 5) is 22.7. The predicted octanol–water partition coefficient (Wildman–Crippen LogP) is 0.378. The van der Waals surface area contributed by atoms with Crippen LogP contribution in [0.3, 0.4) is 0 Å². The van der Waals surface area contributed by atoms with Crippen LogP contribution in [-0.2, 0) is 11.3 Å². The number of hydrogen-bond acceptors (Lipinski definition) is 4. The van der Waals surface area contributed by atoms with Gasteiger partial charge in [0.2, 0.25) is 5.91 Å². The van der Waals surface area contributed by atoms with Crippen molar-refractivity contribution in [3.05, 3.63) is 11.4 Å². The van der Waals surface area contributed by atoms with E-state index in [1.807, 2.05) is 13.8 Å². The van der Waals surface area contributed by atoms with E-state index in [4.69, 9.17) is 5.11 Å². The minimum absolute atomic E-state index is 0.0181. The Kier molecular flexibility index (Phi) is 3.31. The van der Waals surface area contributed by atoms with Gasteiger partial charge < -0.3 is 10.4 Å². The number of aromatic nitrogens is 3. The fourth-order valence-corrected chi connectivity index (χ4v) is 1.85. The average molecular weight is 252 g/mol. The zero-order valence-electron chi connectivity index (χ0n) is 10.4. The molecule has 1 fully saturated rings. The Balaban J connectivity index is 2.17. The molecular weight excluding hydrogens is 236 g/mol. The largest absolute Gasteiger partial charge is 0.476 e. The first-order valence-corrected chi connectivity index (χ1v) is 5.95. The number of aromatic carboxylic acids is 1. The Bertz CT molecular complexity index is 477. The van der Waals surface area contributed by atoms with E-state index in [0.717, 1.165) is 12.8 Å². The van der Waals surface area contributed by atoms with Gasteiger partial charge in [0, 0.05) is 12.0 Å². The van der Waals surface area contributed by atoms with Gasteiger partial charge >= 0.3 is 5.97 Å². The van der Waals surface area contributed by atoms with Crippen LogP contribution < -0.4 is 5.32 Å². The number of carboxylic acid groups (broad SMARTS) is 1. The first-order chi connectivity index (χ1) is 8.49. The second-order valence-corrected chi connectivity index (χ2v) is 4.78. The molecule has 7 nitrogen and oxygen atoms in total. The summed E-state index contributed by atoms with van der Waals surface area (Å²) in [5.41, 5.74) is 0.538. The van der Waals surface area contributed by atoms with Crippen molar-refractivity contribution in [2.45, 2.75) is 45.2 Å². The van der Waals surface area contributed by atoms with Crippen LogP contribution in [0.2, 0.25) is 0 Å². The number of carbonyl (C=O) groups is 2. The van der Waals surface area contributed by atoms with Crippen molar-refractivity contribution in [1.82, 2.24) is 20.3 Å². The molecule has 7 heteroatoms. The molecule has 2 rings (SSSR count). The summed E-state index contributed by atoms with van der Waals surface area (Å²) < 4.78 is 1.40. The molecule has 0 unspecified atom stereocenters. The van der Waals surface area contributed by atoms with E-state index in [1.54, 1.807) is 0 Å². The molecule has 18 heavy (non-hydrogen) atoms. The summed E-state index contributed by atoms with van der Waals surface area (Å²) in [6, 6.07) is 0.0457. The van der Waals surface area contributed by atoms with Crippen molar-refractivity contribution in [3.8, 4) is 0 Å². The lowest BCUT2D eigenvalue weighted by atomic mass is 10.2. The lowest BCUT2D eigenvalue weighted by Crippen LogP contribution is -2.33. The molecule has 0 spiro atoms. The Hall–Kier alpha value is -1.92. The van der Waals surface area contributed by atoms with Crippen LogP contribution in [-0.4, -0.2) is 38.0 Å². The summed E-state index contributed by atoms with van der Waals surface area (Å²) in [7, 11) is 0. The molecule has 1 heterocycles. The molecule has 1 aromatic heterocycles. The number of nitrogens with zero attached hydrogens (tertiary/aromatic N) is 3. The number of amides is 1. The minimum Gasteiger partial charge on any atom is -0.476 e. The fourth-order valence-electron chi connectivity index (χ4n) is 1.85. The SMILES string of the molecule is CC(C)NC(=O)Cn1nnc(C(=O)O)c1C1CC1. The Morgan fingerprint density at radius 1 is 1.50 bits per heavy atom. The molecule has 98 valence electrons. The van der Waals surface area contributed by atoms with E-state index in [1.165, 1.54) is 4.68 Å². The van der Waals surface area contributed by atoms with Gasteiger partial charge in [-0.15, -0.1) is 5.10 Å². The van der Waals surface area contributed by atoms with Crippen molar-refractivity contribution < 1.29 is 14.7 Å². The van der Waals surface area contributed by atoms with Crippen LogP contribution in [0.4, 0.5) is 0 Å². The number of hydrogen-bond donors (Lipinski definition) is 2. The maximum absolute atomic E-state index is 11.7. The smallest absolute Gasteiger partial charge is 0.358 e. The quantitative estimate of drug-likeness (QED) is 0.789. The molecule has 0 saturated heterocycles. The Morgan fingerprint density at radius 3 is 2.67 bits per heavy atom. The zero-order valence-corrected chi connectivity index (χ0v) is 10.4. The highest BCUT2D eigenvalue weighted by Crippen LogP contribution is 2.41. The summed E-state index contributed by atoms with van der Waals surface area (Å²) in [6.07, 6.45) is 1.86. The normalized spacial score (nSPS) is 14.8. The highest BCUT2D eigenvalue weighted by Gasteiger charge is 2.34. The maximum atomic E-state index is 11.7. The molecular formula is C11H16N4O3. The maximum Gasteiger partial charge on any atom is 0.358 e. The van der Waals surface area contributed by atoms with Gasteiger partial charge in [-0.2, -0.15) is 0 Å². The molecule has 0 aliphatic heterocycles. The number of carbonyl (C=O) groups excluding carboxylic acids is 1. The van der Waals surface area contributed by atoms with Crippen molar-refractivity contribution in [1.29, 1.82) is 0 Å². The molecule has 1 saturated carbocycles. The second-order valence-electron chi connectivity index (χ2n) is 4.78. The van der Waals surface area contributed by atoms with Crippen molar-refractivity contribution in [2.75, 3.05) is 0 Å². The van der Waals surface area contributed by atoms with E-state index in [9.17, 15) is 9.59 Å². The summed E-state index contributed by atoms with van der Waals surface area (Å²) >= 11 is 0. The summed E-state index contributed by atoms with van der Waals surface area (Å²) in [5.74, 6) is -1.10. The number of rotatable bonds is 5. The summed E-state index contributed by atoms with van der Waals surface area (Å²) in [5, 5.41) is 19.2. The lowest BCUT2D eigenvalue weighted by molar-refractivity contribution is -0.122. The average Bonchev–Trinajstić information content (AvgIpc) is 2.99. The van der Waals surface area contributed by atoms with E-state index in [2.05, 4.69) is 15.6 Å². The van der Waals surface area contributed by atoms with Gasteiger partial charge in [-0.1, -0.05) is 5.21 Å². The zero-order chi connectivity index (χ0) is 13.3. The van der Waals surface area contributed by atoms with Crippen molar-refractivity contribution >= 4 is 11.9 Å². The predicted molar refractivity (Wildman–Crippen MR) is 62.2 cm³/mol. The highest BCUT2D eigenvalue weighted by molar-refractivity contribution is 5.87. The molecule has 1 amide bonds. The monoisotopic (exact) mass is 252 g/mol. The van der Waals surface area contributed by atoms with Gasteiger partial charge in [0.1, 0.15) is 6.54 Å². The van der Waals surface area contributed by atoms with Gasteiger partial charge in [-0.25, -0.2) is 9.48 Å². The van der Waals surface area contributed by atoms with Crippen LogP contribution >= 0.6 is 0 Å². The van der Waals surface area contributed by atoms with Gasteiger partial charge in [0.15, 0.2) is 5.69 Å². The first kappa shape index (κ1) is 12.5. The van der Waals surface area contributed by atoms with Gasteiger partial charge in [-0.3, -0.25) is 4.79 Å². The second kappa shape index (κ2) is 4.75. The third kappa shape index (κ3) is 2.66. The van der Waals surface area contributed by atoms with Crippen LogP contribution in [0.5, 0.6) is 0 Å². The van der Waals surface area contributed by atoms with Crippen LogP contribution in [0.1, 0.15) is 48.8 Å². The Labute approximate surface area is 104 Å². The van der Waals surface area contributed by atoms with E-state index >= 15 is 0 Å².